The molecule has 0 radical (unpaired) electrons. The van der Waals surface area contributed by atoms with Crippen LogP contribution in [0.1, 0.15) is 29.4 Å². The van der Waals surface area contributed by atoms with Crippen molar-refractivity contribution in [2.75, 3.05) is 25.1 Å². The number of aromatic nitrogens is 1. The zero-order valence-corrected chi connectivity index (χ0v) is 11.9. The number of H-pyrrole nitrogens is 1. The number of esters is 1. The molecule has 0 atom stereocenters. The predicted octanol–water partition coefficient (Wildman–Crippen LogP) is 2.11. The van der Waals surface area contributed by atoms with Crippen molar-refractivity contribution < 1.29 is 27.8 Å². The Hall–Kier alpha value is -1.96. The maximum Gasteiger partial charge on any atom is 0.342 e. The third-order valence-electron chi connectivity index (χ3n) is 2.55. The van der Waals surface area contributed by atoms with E-state index < -0.39 is 24.9 Å². The number of aromatic amines is 1. The standard InChI is InChI=1S/C13H18F2N2O4/c1-3-21-13(19)12-8(2)16-6-9(12)17-11(18)4-5-20-7-10(14)15/h6,10,16H,3-5,7H2,1-2H3,(H,17,18). The number of carbonyl (C=O) groups excluding carboxylic acids is 2. The summed E-state index contributed by atoms with van der Waals surface area (Å²) in [7, 11) is 0. The molecule has 0 spiro atoms. The van der Waals surface area contributed by atoms with Gasteiger partial charge in [0.05, 0.1) is 25.3 Å². The summed E-state index contributed by atoms with van der Waals surface area (Å²) in [5, 5.41) is 2.52. The second-order valence-corrected chi connectivity index (χ2v) is 4.19. The highest BCUT2D eigenvalue weighted by Gasteiger charge is 2.19. The van der Waals surface area contributed by atoms with Crippen LogP contribution in [0.2, 0.25) is 0 Å². The lowest BCUT2D eigenvalue weighted by Crippen LogP contribution is -2.17. The van der Waals surface area contributed by atoms with Crippen LogP contribution in [0.4, 0.5) is 14.5 Å². The number of ether oxygens (including phenoxy) is 2. The zero-order valence-electron chi connectivity index (χ0n) is 11.9. The first-order valence-corrected chi connectivity index (χ1v) is 6.46. The van der Waals surface area contributed by atoms with Gasteiger partial charge in [0.25, 0.3) is 6.43 Å². The molecule has 0 aliphatic rings. The molecule has 8 heteroatoms. The van der Waals surface area contributed by atoms with Crippen molar-refractivity contribution in [3.8, 4) is 0 Å². The molecule has 1 heterocycles. The summed E-state index contributed by atoms with van der Waals surface area (Å²) in [4.78, 5) is 26.2. The van der Waals surface area contributed by atoms with E-state index in [0.717, 1.165) is 0 Å². The molecule has 0 unspecified atom stereocenters. The minimum atomic E-state index is -2.56. The van der Waals surface area contributed by atoms with Gasteiger partial charge in [-0.25, -0.2) is 13.6 Å². The number of carbonyl (C=O) groups is 2. The Morgan fingerprint density at radius 1 is 1.43 bits per heavy atom. The molecule has 2 N–H and O–H groups in total. The number of aryl methyl sites for hydroxylation is 1. The Morgan fingerprint density at radius 3 is 2.76 bits per heavy atom. The summed E-state index contributed by atoms with van der Waals surface area (Å²) >= 11 is 0. The van der Waals surface area contributed by atoms with Crippen molar-refractivity contribution in [3.63, 3.8) is 0 Å². The van der Waals surface area contributed by atoms with E-state index in [4.69, 9.17) is 4.74 Å². The minimum Gasteiger partial charge on any atom is -0.462 e. The van der Waals surface area contributed by atoms with Crippen LogP contribution in [-0.2, 0) is 14.3 Å². The van der Waals surface area contributed by atoms with Gasteiger partial charge in [0, 0.05) is 11.9 Å². The van der Waals surface area contributed by atoms with Gasteiger partial charge >= 0.3 is 5.97 Å². The van der Waals surface area contributed by atoms with Crippen LogP contribution in [0, 0.1) is 6.92 Å². The van der Waals surface area contributed by atoms with Crippen LogP contribution >= 0.6 is 0 Å². The topological polar surface area (TPSA) is 80.4 Å². The monoisotopic (exact) mass is 304 g/mol. The van der Waals surface area contributed by atoms with Crippen molar-refractivity contribution in [1.82, 2.24) is 4.98 Å². The molecular weight excluding hydrogens is 286 g/mol. The number of amides is 1. The van der Waals surface area contributed by atoms with Crippen molar-refractivity contribution in [3.05, 3.63) is 17.5 Å². The summed E-state index contributed by atoms with van der Waals surface area (Å²) in [6, 6.07) is 0. The van der Waals surface area contributed by atoms with Gasteiger partial charge in [-0.2, -0.15) is 0 Å². The Labute approximate surface area is 120 Å². The maximum atomic E-state index is 11.8. The number of nitrogens with one attached hydrogen (secondary N) is 2. The first-order chi connectivity index (χ1) is 9.95. The van der Waals surface area contributed by atoms with Crippen molar-refractivity contribution in [1.29, 1.82) is 0 Å². The Bertz CT molecular complexity index is 489. The molecule has 6 nitrogen and oxygen atoms in total. The lowest BCUT2D eigenvalue weighted by Gasteiger charge is -2.07. The highest BCUT2D eigenvalue weighted by atomic mass is 19.3. The molecule has 0 aromatic carbocycles. The third kappa shape index (κ3) is 5.50. The normalized spacial score (nSPS) is 10.7. The SMILES string of the molecule is CCOC(=O)c1c(NC(=O)CCOCC(F)F)c[nH]c1C. The van der Waals surface area contributed by atoms with Gasteiger partial charge in [-0.15, -0.1) is 0 Å². The van der Waals surface area contributed by atoms with E-state index in [-0.39, 0.29) is 25.2 Å². The second-order valence-electron chi connectivity index (χ2n) is 4.19. The lowest BCUT2D eigenvalue weighted by molar-refractivity contribution is -0.117. The first kappa shape index (κ1) is 17.1. The van der Waals surface area contributed by atoms with E-state index in [1.54, 1.807) is 13.8 Å². The highest BCUT2D eigenvalue weighted by Crippen LogP contribution is 2.20. The van der Waals surface area contributed by atoms with Crippen LogP contribution in [-0.4, -0.2) is 43.1 Å². The summed E-state index contributed by atoms with van der Waals surface area (Å²) in [5.74, 6) is -0.977. The van der Waals surface area contributed by atoms with Crippen molar-refractivity contribution >= 4 is 17.6 Å². The quantitative estimate of drug-likeness (QED) is 0.569. The van der Waals surface area contributed by atoms with Crippen LogP contribution in [0.5, 0.6) is 0 Å². The van der Waals surface area contributed by atoms with Gasteiger partial charge in [-0.05, 0) is 13.8 Å². The summed E-state index contributed by atoms with van der Waals surface area (Å²) in [6.45, 7) is 2.75. The number of rotatable bonds is 8. The molecule has 0 fully saturated rings. The fourth-order valence-corrected chi connectivity index (χ4v) is 1.64. The van der Waals surface area contributed by atoms with Crippen LogP contribution in [0.25, 0.3) is 0 Å². The molecule has 1 aromatic heterocycles. The van der Waals surface area contributed by atoms with Crippen molar-refractivity contribution in [2.45, 2.75) is 26.7 Å². The molecule has 1 aromatic rings. The lowest BCUT2D eigenvalue weighted by atomic mass is 10.2. The number of hydrogen-bond donors (Lipinski definition) is 2. The molecule has 1 rings (SSSR count). The first-order valence-electron chi connectivity index (χ1n) is 6.46. The number of anilines is 1. The van der Waals surface area contributed by atoms with E-state index >= 15 is 0 Å². The van der Waals surface area contributed by atoms with Gasteiger partial charge in [-0.3, -0.25) is 4.79 Å². The fraction of sp³-hybridized carbons (Fsp3) is 0.538. The highest BCUT2D eigenvalue weighted by molar-refractivity contribution is 6.02. The molecule has 0 aliphatic carbocycles. The maximum absolute atomic E-state index is 11.8. The number of hydrogen-bond acceptors (Lipinski definition) is 4. The molecule has 1 amide bonds. The number of alkyl halides is 2. The molecule has 0 saturated heterocycles. The predicted molar refractivity (Wildman–Crippen MR) is 71.6 cm³/mol. The van der Waals surface area contributed by atoms with Crippen molar-refractivity contribution in [2.24, 2.45) is 0 Å². The fourth-order valence-electron chi connectivity index (χ4n) is 1.64. The molecule has 21 heavy (non-hydrogen) atoms. The van der Waals surface area contributed by atoms with Crippen LogP contribution < -0.4 is 5.32 Å². The smallest absolute Gasteiger partial charge is 0.342 e. The summed E-state index contributed by atoms with van der Waals surface area (Å²) in [6.07, 6.45) is -1.17. The Morgan fingerprint density at radius 2 is 2.14 bits per heavy atom. The largest absolute Gasteiger partial charge is 0.462 e. The van der Waals surface area contributed by atoms with E-state index in [9.17, 15) is 18.4 Å². The van der Waals surface area contributed by atoms with E-state index in [1.165, 1.54) is 6.20 Å². The average molecular weight is 304 g/mol. The van der Waals surface area contributed by atoms with Gasteiger partial charge in [0.1, 0.15) is 12.2 Å². The van der Waals surface area contributed by atoms with E-state index in [2.05, 4.69) is 15.0 Å². The van der Waals surface area contributed by atoms with Gasteiger partial charge in [0.2, 0.25) is 5.91 Å². The molecule has 118 valence electrons. The Kier molecular flexibility index (Phi) is 6.80. The second kappa shape index (κ2) is 8.35. The molecule has 0 saturated carbocycles. The third-order valence-corrected chi connectivity index (χ3v) is 2.55. The number of halogens is 2. The molecule has 0 bridgehead atoms. The average Bonchev–Trinajstić information content (AvgIpc) is 2.76. The summed E-state index contributed by atoms with van der Waals surface area (Å²) in [5.41, 5.74) is 1.11. The van der Waals surface area contributed by atoms with Gasteiger partial charge in [0.15, 0.2) is 0 Å². The van der Waals surface area contributed by atoms with Crippen LogP contribution in [0.15, 0.2) is 6.20 Å². The molecule has 0 aliphatic heterocycles. The van der Waals surface area contributed by atoms with Gasteiger partial charge < -0.3 is 19.8 Å². The van der Waals surface area contributed by atoms with E-state index in [1.807, 2.05) is 0 Å². The van der Waals surface area contributed by atoms with E-state index in [0.29, 0.717) is 11.4 Å². The summed E-state index contributed by atoms with van der Waals surface area (Å²) < 4.78 is 33.2. The zero-order chi connectivity index (χ0) is 15.8. The minimum absolute atomic E-state index is 0.0841. The van der Waals surface area contributed by atoms with Gasteiger partial charge in [-0.1, -0.05) is 0 Å². The van der Waals surface area contributed by atoms with Crippen LogP contribution in [0.3, 0.4) is 0 Å². The Balaban J connectivity index is 2.54. The molecular formula is C13H18F2N2O4.